The first kappa shape index (κ1) is 17.2. The van der Waals surface area contributed by atoms with Gasteiger partial charge in [0.25, 0.3) is 0 Å². The summed E-state index contributed by atoms with van der Waals surface area (Å²) in [5.74, 6) is 0. The van der Waals surface area contributed by atoms with E-state index in [1.165, 1.54) is 25.7 Å². The van der Waals surface area contributed by atoms with Crippen LogP contribution in [-0.2, 0) is 0 Å². The van der Waals surface area contributed by atoms with Crippen LogP contribution in [-0.4, -0.2) is 41.6 Å². The fourth-order valence-electron chi connectivity index (χ4n) is 2.12. The minimum Gasteiger partial charge on any atom is -0.393 e. The van der Waals surface area contributed by atoms with Gasteiger partial charge in [0.1, 0.15) is 0 Å². The highest BCUT2D eigenvalue weighted by Crippen LogP contribution is 2.19. The molecular weight excluding hydrogens is 234 g/mol. The molecule has 0 saturated carbocycles. The molecule has 3 atom stereocenters. The summed E-state index contributed by atoms with van der Waals surface area (Å²) in [7, 11) is 4.13. The van der Waals surface area contributed by atoms with Crippen molar-refractivity contribution in [1.82, 2.24) is 4.90 Å². The summed E-state index contributed by atoms with van der Waals surface area (Å²) in [6.45, 7) is 4.07. The van der Waals surface area contributed by atoms with Gasteiger partial charge in [-0.2, -0.15) is 0 Å². The van der Waals surface area contributed by atoms with Crippen LogP contribution in [0.4, 0.5) is 0 Å². The van der Waals surface area contributed by atoms with Crippen LogP contribution in [0.1, 0.15) is 58.8 Å². The molecule has 104 valence electrons. The predicted molar refractivity (Wildman–Crippen MR) is 76.8 cm³/mol. The van der Waals surface area contributed by atoms with Gasteiger partial charge >= 0.3 is 0 Å². The Hall–Kier alpha value is 0.210. The Balaban J connectivity index is 3.83. The molecule has 0 heterocycles. The van der Waals surface area contributed by atoms with Crippen molar-refractivity contribution in [2.75, 3.05) is 14.1 Å². The molecule has 0 aliphatic rings. The normalized spacial score (nSPS) is 17.1. The maximum absolute atomic E-state index is 9.46. The van der Waals surface area contributed by atoms with Crippen molar-refractivity contribution in [1.29, 1.82) is 0 Å². The van der Waals surface area contributed by atoms with Crippen LogP contribution in [0.15, 0.2) is 0 Å². The monoisotopic (exact) mass is 263 g/mol. The minimum absolute atomic E-state index is 0.244. The molecule has 0 rings (SSSR count). The van der Waals surface area contributed by atoms with E-state index in [-0.39, 0.29) is 11.5 Å². The number of aliphatic hydroxyl groups is 1. The van der Waals surface area contributed by atoms with Gasteiger partial charge < -0.3 is 10.0 Å². The Bertz CT molecular complexity index is 174. The largest absolute Gasteiger partial charge is 0.393 e. The lowest BCUT2D eigenvalue weighted by molar-refractivity contribution is 0.133. The van der Waals surface area contributed by atoms with Gasteiger partial charge in [0.15, 0.2) is 0 Å². The first-order valence-electron chi connectivity index (χ1n) is 6.95. The van der Waals surface area contributed by atoms with Gasteiger partial charge in [-0.15, -0.1) is 11.6 Å². The molecule has 0 aliphatic carbocycles. The Morgan fingerprint density at radius 2 is 1.76 bits per heavy atom. The van der Waals surface area contributed by atoms with E-state index in [0.29, 0.717) is 6.04 Å². The first-order valence-corrected chi connectivity index (χ1v) is 7.39. The first-order chi connectivity index (χ1) is 7.97. The molecule has 0 aromatic heterocycles. The minimum atomic E-state index is -0.244. The number of hydrogen-bond donors (Lipinski definition) is 1. The maximum Gasteiger partial charge on any atom is 0.0527 e. The molecule has 0 bridgehead atoms. The number of rotatable bonds is 10. The van der Waals surface area contributed by atoms with Crippen molar-refractivity contribution in [3.8, 4) is 0 Å². The Morgan fingerprint density at radius 3 is 2.24 bits per heavy atom. The lowest BCUT2D eigenvalue weighted by Crippen LogP contribution is -2.33. The quantitative estimate of drug-likeness (QED) is 0.480. The molecule has 1 N–H and O–H groups in total. The van der Waals surface area contributed by atoms with Crippen molar-refractivity contribution in [3.63, 3.8) is 0 Å². The second-order valence-electron chi connectivity index (χ2n) is 5.38. The number of unbranched alkanes of at least 4 members (excludes halogenated alkanes) is 3. The van der Waals surface area contributed by atoms with E-state index >= 15 is 0 Å². The zero-order valence-electron chi connectivity index (χ0n) is 12.0. The smallest absolute Gasteiger partial charge is 0.0527 e. The molecule has 17 heavy (non-hydrogen) atoms. The summed E-state index contributed by atoms with van der Waals surface area (Å²) >= 11 is 6.37. The molecule has 0 spiro atoms. The van der Waals surface area contributed by atoms with Gasteiger partial charge in [0, 0.05) is 11.4 Å². The second kappa shape index (κ2) is 10.2. The summed E-state index contributed by atoms with van der Waals surface area (Å²) in [5, 5.41) is 9.71. The number of halogens is 1. The van der Waals surface area contributed by atoms with Gasteiger partial charge in [-0.3, -0.25) is 0 Å². The summed E-state index contributed by atoms with van der Waals surface area (Å²) < 4.78 is 0. The Labute approximate surface area is 112 Å². The van der Waals surface area contributed by atoms with Gasteiger partial charge in [0.05, 0.1) is 6.10 Å². The van der Waals surface area contributed by atoms with Gasteiger partial charge in [-0.25, -0.2) is 0 Å². The molecule has 3 unspecified atom stereocenters. The standard InChI is InChI=1S/C14H30ClNO/c1-5-6-7-8-9-13(15)11-14(16(3)4)10-12(2)17/h12-14,17H,5-11H2,1-4H3. The van der Waals surface area contributed by atoms with E-state index in [4.69, 9.17) is 11.6 Å². The molecule has 2 nitrogen and oxygen atoms in total. The van der Waals surface area contributed by atoms with Gasteiger partial charge in [0.2, 0.25) is 0 Å². The summed E-state index contributed by atoms with van der Waals surface area (Å²) in [6, 6.07) is 0.392. The highest BCUT2D eigenvalue weighted by atomic mass is 35.5. The molecule has 0 amide bonds. The number of alkyl halides is 1. The van der Waals surface area contributed by atoms with E-state index in [1.807, 2.05) is 6.92 Å². The summed E-state index contributed by atoms with van der Waals surface area (Å²) in [4.78, 5) is 2.17. The van der Waals surface area contributed by atoms with Crippen LogP contribution in [0.3, 0.4) is 0 Å². The second-order valence-corrected chi connectivity index (χ2v) is 6.00. The van der Waals surface area contributed by atoms with Crippen LogP contribution in [0.5, 0.6) is 0 Å². The van der Waals surface area contributed by atoms with E-state index < -0.39 is 0 Å². The predicted octanol–water partition coefficient (Wildman–Crippen LogP) is 3.66. The third-order valence-corrected chi connectivity index (χ3v) is 3.64. The molecule has 0 radical (unpaired) electrons. The molecule has 0 aromatic carbocycles. The highest BCUT2D eigenvalue weighted by molar-refractivity contribution is 6.20. The fourth-order valence-corrected chi connectivity index (χ4v) is 2.48. The van der Waals surface area contributed by atoms with E-state index in [9.17, 15) is 5.11 Å². The SMILES string of the molecule is CCCCCCC(Cl)CC(CC(C)O)N(C)C. The fraction of sp³-hybridized carbons (Fsp3) is 1.00. The third-order valence-electron chi connectivity index (χ3n) is 3.24. The van der Waals surface area contributed by atoms with E-state index in [1.54, 1.807) is 0 Å². The van der Waals surface area contributed by atoms with Gasteiger partial charge in [-0.05, 0) is 40.3 Å². The molecule has 0 aliphatic heterocycles. The van der Waals surface area contributed by atoms with E-state index in [2.05, 4.69) is 25.9 Å². The van der Waals surface area contributed by atoms with Crippen LogP contribution in [0, 0.1) is 0 Å². The summed E-state index contributed by atoms with van der Waals surface area (Å²) in [5.41, 5.74) is 0. The highest BCUT2D eigenvalue weighted by Gasteiger charge is 2.18. The Kier molecular flexibility index (Phi) is 10.3. The van der Waals surface area contributed by atoms with Crippen molar-refractivity contribution in [2.24, 2.45) is 0 Å². The topological polar surface area (TPSA) is 23.5 Å². The van der Waals surface area contributed by atoms with Crippen LogP contribution in [0.25, 0.3) is 0 Å². The van der Waals surface area contributed by atoms with Crippen LogP contribution >= 0.6 is 11.6 Å². The van der Waals surface area contributed by atoms with Crippen molar-refractivity contribution < 1.29 is 5.11 Å². The van der Waals surface area contributed by atoms with Crippen molar-refractivity contribution >= 4 is 11.6 Å². The maximum atomic E-state index is 9.46. The average molecular weight is 264 g/mol. The van der Waals surface area contributed by atoms with Crippen LogP contribution < -0.4 is 0 Å². The summed E-state index contributed by atoms with van der Waals surface area (Å²) in [6.07, 6.45) is 7.76. The molecular formula is C14H30ClNO. The molecule has 0 saturated heterocycles. The zero-order chi connectivity index (χ0) is 13.3. The number of aliphatic hydroxyl groups excluding tert-OH is 1. The lowest BCUT2D eigenvalue weighted by Gasteiger charge is -2.27. The van der Waals surface area contributed by atoms with Gasteiger partial charge in [-0.1, -0.05) is 32.6 Å². The zero-order valence-corrected chi connectivity index (χ0v) is 12.7. The van der Waals surface area contributed by atoms with Crippen LogP contribution in [0.2, 0.25) is 0 Å². The molecule has 0 aromatic rings. The Morgan fingerprint density at radius 1 is 1.12 bits per heavy atom. The average Bonchev–Trinajstić information content (AvgIpc) is 2.22. The van der Waals surface area contributed by atoms with Crippen molar-refractivity contribution in [3.05, 3.63) is 0 Å². The molecule has 3 heteroatoms. The van der Waals surface area contributed by atoms with E-state index in [0.717, 1.165) is 19.3 Å². The number of nitrogens with zero attached hydrogens (tertiary/aromatic N) is 1. The number of hydrogen-bond acceptors (Lipinski definition) is 2. The van der Waals surface area contributed by atoms with Crippen molar-refractivity contribution in [2.45, 2.75) is 76.3 Å². The third kappa shape index (κ3) is 9.87. The lowest BCUT2D eigenvalue weighted by atomic mass is 10.0. The molecule has 0 fully saturated rings.